The number of hydrogen-bond acceptors (Lipinski definition) is 3. The molecule has 2 heterocycles. The number of fused-ring (bicyclic) bond motifs is 1. The third kappa shape index (κ3) is 3.00. The normalized spacial score (nSPS) is 14.2. The Morgan fingerprint density at radius 3 is 2.56 bits per heavy atom. The van der Waals surface area contributed by atoms with Crippen LogP contribution in [0.15, 0.2) is 53.3 Å². The Balaban J connectivity index is 1.78. The molecule has 4 heteroatoms. The first-order valence-electron chi connectivity index (χ1n) is 8.81. The third-order valence-corrected chi connectivity index (χ3v) is 4.97. The van der Waals surface area contributed by atoms with Crippen molar-refractivity contribution in [1.29, 1.82) is 0 Å². The molecule has 0 unspecified atom stereocenters. The predicted octanol–water partition coefficient (Wildman–Crippen LogP) is 3.86. The van der Waals surface area contributed by atoms with Gasteiger partial charge < -0.3 is 14.8 Å². The first-order chi connectivity index (χ1) is 12.1. The molecule has 1 aliphatic rings. The lowest BCUT2D eigenvalue weighted by molar-refractivity contribution is 0.949. The zero-order valence-electron chi connectivity index (χ0n) is 14.7. The molecule has 2 aromatic carbocycles. The largest absolute Gasteiger partial charge is 0.378 e. The Hall–Kier alpha value is -2.75. The molecule has 0 spiro atoms. The minimum atomic E-state index is -0.0391. The summed E-state index contributed by atoms with van der Waals surface area (Å²) < 4.78 is 0. The second-order valence-electron chi connectivity index (χ2n) is 6.92. The second-order valence-corrected chi connectivity index (χ2v) is 6.92. The highest BCUT2D eigenvalue weighted by molar-refractivity contribution is 5.88. The van der Waals surface area contributed by atoms with E-state index in [-0.39, 0.29) is 5.56 Å². The van der Waals surface area contributed by atoms with Gasteiger partial charge in [0.15, 0.2) is 0 Å². The van der Waals surface area contributed by atoms with E-state index in [1.807, 2.05) is 37.2 Å². The van der Waals surface area contributed by atoms with Crippen LogP contribution in [0.3, 0.4) is 0 Å². The minimum absolute atomic E-state index is 0.0391. The molecule has 0 atom stereocenters. The molecule has 4 rings (SSSR count). The molecule has 1 aromatic heterocycles. The molecule has 0 radical (unpaired) electrons. The number of aromatic nitrogens is 1. The van der Waals surface area contributed by atoms with E-state index in [0.717, 1.165) is 40.8 Å². The highest BCUT2D eigenvalue weighted by atomic mass is 16.1. The molecule has 1 aliphatic heterocycles. The van der Waals surface area contributed by atoms with Crippen LogP contribution in [-0.2, 0) is 0 Å². The predicted molar refractivity (Wildman–Crippen MR) is 106 cm³/mol. The van der Waals surface area contributed by atoms with Gasteiger partial charge in [-0.1, -0.05) is 18.2 Å². The van der Waals surface area contributed by atoms with E-state index in [2.05, 4.69) is 40.2 Å². The van der Waals surface area contributed by atoms with Crippen molar-refractivity contribution in [2.24, 2.45) is 0 Å². The highest BCUT2D eigenvalue weighted by Crippen LogP contribution is 2.27. The number of nitrogens with zero attached hydrogens (tertiary/aromatic N) is 2. The number of H-pyrrole nitrogens is 1. The van der Waals surface area contributed by atoms with E-state index in [1.54, 1.807) is 0 Å². The van der Waals surface area contributed by atoms with Crippen molar-refractivity contribution in [3.05, 3.63) is 58.9 Å². The van der Waals surface area contributed by atoms with Crippen LogP contribution in [0.25, 0.3) is 22.0 Å². The van der Waals surface area contributed by atoms with E-state index in [0.29, 0.717) is 0 Å². The Morgan fingerprint density at radius 1 is 1.00 bits per heavy atom. The summed E-state index contributed by atoms with van der Waals surface area (Å²) in [6.45, 7) is 2.23. The molecule has 0 aliphatic carbocycles. The first kappa shape index (κ1) is 15.8. The van der Waals surface area contributed by atoms with Crippen molar-refractivity contribution >= 4 is 22.1 Å². The molecular formula is C21H23N3O. The van der Waals surface area contributed by atoms with E-state index in [1.165, 1.54) is 18.5 Å². The minimum Gasteiger partial charge on any atom is -0.378 e. The van der Waals surface area contributed by atoms with E-state index >= 15 is 0 Å². The maximum absolute atomic E-state index is 12.6. The van der Waals surface area contributed by atoms with Crippen LogP contribution in [0, 0.1) is 0 Å². The van der Waals surface area contributed by atoms with Crippen LogP contribution in [-0.4, -0.2) is 32.2 Å². The molecule has 0 saturated carbocycles. The van der Waals surface area contributed by atoms with Crippen molar-refractivity contribution in [3.63, 3.8) is 0 Å². The molecule has 4 nitrogen and oxygen atoms in total. The number of nitrogens with one attached hydrogen (secondary N) is 1. The zero-order valence-corrected chi connectivity index (χ0v) is 14.7. The lowest BCUT2D eigenvalue weighted by Crippen LogP contribution is -2.17. The summed E-state index contributed by atoms with van der Waals surface area (Å²) in [4.78, 5) is 20.1. The molecule has 0 amide bonds. The maximum atomic E-state index is 12.6. The number of rotatable bonds is 3. The monoisotopic (exact) mass is 333 g/mol. The van der Waals surface area contributed by atoms with Gasteiger partial charge in [-0.05, 0) is 48.6 Å². The molecule has 1 N–H and O–H groups in total. The van der Waals surface area contributed by atoms with Crippen LogP contribution in [0.5, 0.6) is 0 Å². The van der Waals surface area contributed by atoms with Crippen molar-refractivity contribution < 1.29 is 0 Å². The second kappa shape index (κ2) is 6.28. The highest BCUT2D eigenvalue weighted by Gasteiger charge is 2.13. The lowest BCUT2D eigenvalue weighted by Gasteiger charge is -2.18. The number of aromatic amines is 1. The number of hydrogen-bond donors (Lipinski definition) is 1. The van der Waals surface area contributed by atoms with E-state index < -0.39 is 0 Å². The van der Waals surface area contributed by atoms with E-state index in [4.69, 9.17) is 0 Å². The van der Waals surface area contributed by atoms with Gasteiger partial charge in [0.25, 0.3) is 5.56 Å². The van der Waals surface area contributed by atoms with Crippen molar-refractivity contribution in [2.75, 3.05) is 37.0 Å². The summed E-state index contributed by atoms with van der Waals surface area (Å²) in [6.07, 6.45) is 2.51. The number of anilines is 2. The summed E-state index contributed by atoms with van der Waals surface area (Å²) in [5.41, 5.74) is 4.15. The van der Waals surface area contributed by atoms with Crippen LogP contribution in [0.2, 0.25) is 0 Å². The van der Waals surface area contributed by atoms with Crippen molar-refractivity contribution in [2.45, 2.75) is 12.8 Å². The van der Waals surface area contributed by atoms with Gasteiger partial charge in [-0.25, -0.2) is 0 Å². The van der Waals surface area contributed by atoms with Gasteiger partial charge in [-0.2, -0.15) is 0 Å². The van der Waals surface area contributed by atoms with Crippen molar-refractivity contribution in [1.82, 2.24) is 4.98 Å². The van der Waals surface area contributed by atoms with Gasteiger partial charge in [0, 0.05) is 55.2 Å². The molecule has 25 heavy (non-hydrogen) atoms. The van der Waals surface area contributed by atoms with Gasteiger partial charge in [-0.3, -0.25) is 4.79 Å². The maximum Gasteiger partial charge on any atom is 0.256 e. The zero-order chi connectivity index (χ0) is 17.4. The smallest absolute Gasteiger partial charge is 0.256 e. The van der Waals surface area contributed by atoms with Gasteiger partial charge in [0.1, 0.15) is 0 Å². The average Bonchev–Trinajstić information content (AvgIpc) is 3.16. The van der Waals surface area contributed by atoms with Gasteiger partial charge in [0.2, 0.25) is 0 Å². The quantitative estimate of drug-likeness (QED) is 0.791. The summed E-state index contributed by atoms with van der Waals surface area (Å²) in [7, 11) is 3.96. The summed E-state index contributed by atoms with van der Waals surface area (Å²) in [5, 5.41) is 1.70. The molecule has 0 bridgehead atoms. The average molecular weight is 333 g/mol. The fraction of sp³-hybridized carbons (Fsp3) is 0.286. The first-order valence-corrected chi connectivity index (χ1v) is 8.81. The lowest BCUT2D eigenvalue weighted by atomic mass is 10.1. The summed E-state index contributed by atoms with van der Waals surface area (Å²) >= 11 is 0. The van der Waals surface area contributed by atoms with Crippen LogP contribution in [0.1, 0.15) is 12.8 Å². The molecule has 1 saturated heterocycles. The fourth-order valence-corrected chi connectivity index (χ4v) is 3.53. The van der Waals surface area contributed by atoms with Crippen LogP contribution in [0.4, 0.5) is 11.4 Å². The van der Waals surface area contributed by atoms with Gasteiger partial charge in [0.05, 0.1) is 0 Å². The van der Waals surface area contributed by atoms with Crippen LogP contribution >= 0.6 is 0 Å². The summed E-state index contributed by atoms with van der Waals surface area (Å²) in [6, 6.07) is 16.5. The van der Waals surface area contributed by atoms with Crippen molar-refractivity contribution in [3.8, 4) is 11.3 Å². The molecule has 128 valence electrons. The Morgan fingerprint density at radius 2 is 1.80 bits per heavy atom. The van der Waals surface area contributed by atoms with Gasteiger partial charge in [-0.15, -0.1) is 0 Å². The fourth-order valence-electron chi connectivity index (χ4n) is 3.53. The number of pyridine rings is 1. The Bertz CT molecular complexity index is 968. The molecular weight excluding hydrogens is 310 g/mol. The summed E-state index contributed by atoms with van der Waals surface area (Å²) in [5.74, 6) is 0. The third-order valence-electron chi connectivity index (χ3n) is 4.97. The van der Waals surface area contributed by atoms with Gasteiger partial charge >= 0.3 is 0 Å². The Kier molecular flexibility index (Phi) is 3.96. The topological polar surface area (TPSA) is 39.3 Å². The molecule has 3 aromatic rings. The Labute approximate surface area is 147 Å². The SMILES string of the molecule is CN(C)c1ccc2cc(-c3cccc(N4CCCC4)c3)[nH]c(=O)c2c1. The standard InChI is InChI=1S/C21H23N3O/c1-23(2)17-9-8-15-13-20(22-21(25)19(15)14-17)16-6-5-7-18(12-16)24-10-3-4-11-24/h5-9,12-14H,3-4,10-11H2,1-2H3,(H,22,25). The number of benzene rings is 2. The van der Waals surface area contributed by atoms with E-state index in [9.17, 15) is 4.79 Å². The van der Waals surface area contributed by atoms with Crippen LogP contribution < -0.4 is 15.4 Å². The molecule has 1 fully saturated rings.